The van der Waals surface area contributed by atoms with Gasteiger partial charge in [-0.1, -0.05) is 27.7 Å². The van der Waals surface area contributed by atoms with Crippen molar-refractivity contribution in [2.24, 2.45) is 23.7 Å². The minimum Gasteiger partial charge on any atom is -0.457 e. The van der Waals surface area contributed by atoms with E-state index in [-0.39, 0.29) is 43.4 Å². The Balaban J connectivity index is 2.22. The molecule has 2 N–H and O–H groups in total. The zero-order valence-corrected chi connectivity index (χ0v) is 33.3. The van der Waals surface area contributed by atoms with E-state index in [2.05, 4.69) is 5.32 Å². The average Bonchev–Trinajstić information content (AvgIpc) is 3.37. The van der Waals surface area contributed by atoms with Crippen LogP contribution in [0.4, 0.5) is 4.79 Å². The van der Waals surface area contributed by atoms with Crippen LogP contribution >= 0.6 is 0 Å². The van der Waals surface area contributed by atoms with Crippen molar-refractivity contribution in [1.29, 1.82) is 5.41 Å². The molecular formula is C37H63N3O12. The monoisotopic (exact) mass is 741 g/mol. The van der Waals surface area contributed by atoms with Crippen LogP contribution in [0.2, 0.25) is 0 Å². The summed E-state index contributed by atoms with van der Waals surface area (Å²) in [5.41, 5.74) is -2.64. The Hall–Kier alpha value is -2.85. The molecule has 0 aliphatic carbocycles. The molecule has 3 saturated heterocycles. The van der Waals surface area contributed by atoms with Gasteiger partial charge in [-0.15, -0.1) is 0 Å². The van der Waals surface area contributed by atoms with Gasteiger partial charge >= 0.3 is 18.1 Å². The molecule has 298 valence electrons. The number of hydrogen-bond acceptors (Lipinski definition) is 14. The van der Waals surface area contributed by atoms with Crippen molar-refractivity contribution in [2.75, 3.05) is 27.8 Å². The van der Waals surface area contributed by atoms with E-state index in [1.807, 2.05) is 53.6 Å². The summed E-state index contributed by atoms with van der Waals surface area (Å²) in [4.78, 5) is 55.2. The molecule has 3 fully saturated rings. The Bertz CT molecular complexity index is 1270. The van der Waals surface area contributed by atoms with Gasteiger partial charge in [0.2, 0.25) is 5.91 Å². The Kier molecular flexibility index (Phi) is 15.1. The molecule has 0 saturated carbocycles. The molecule has 52 heavy (non-hydrogen) atoms. The number of methoxy groups -OCH3 is 1. The van der Waals surface area contributed by atoms with Gasteiger partial charge in [0.1, 0.15) is 6.10 Å². The van der Waals surface area contributed by atoms with Crippen LogP contribution in [0.3, 0.4) is 0 Å². The zero-order chi connectivity index (χ0) is 39.3. The average molecular weight is 742 g/mol. The van der Waals surface area contributed by atoms with Gasteiger partial charge in [0.15, 0.2) is 24.1 Å². The molecule has 3 aliphatic rings. The molecule has 14 atom stereocenters. The molecule has 15 heteroatoms. The van der Waals surface area contributed by atoms with Crippen molar-refractivity contribution in [1.82, 2.24) is 10.2 Å². The predicted octanol–water partition coefficient (Wildman–Crippen LogP) is 3.88. The normalized spacial score (nSPS) is 40.8. The highest BCUT2D eigenvalue weighted by Gasteiger charge is 2.59. The van der Waals surface area contributed by atoms with Gasteiger partial charge in [-0.25, -0.2) is 4.79 Å². The molecule has 0 unspecified atom stereocenters. The molecule has 0 spiro atoms. The summed E-state index contributed by atoms with van der Waals surface area (Å²) in [6.45, 7) is 17.6. The van der Waals surface area contributed by atoms with Crippen molar-refractivity contribution in [3.05, 3.63) is 0 Å². The van der Waals surface area contributed by atoms with E-state index in [9.17, 15) is 19.2 Å². The van der Waals surface area contributed by atoms with Crippen LogP contribution in [-0.4, -0.2) is 129 Å². The van der Waals surface area contributed by atoms with Crippen LogP contribution in [0.15, 0.2) is 0 Å². The van der Waals surface area contributed by atoms with Crippen LogP contribution in [0.25, 0.3) is 0 Å². The minimum atomic E-state index is -1.44. The lowest BCUT2D eigenvalue weighted by Crippen LogP contribution is -2.60. The smallest absolute Gasteiger partial charge is 0.457 e. The van der Waals surface area contributed by atoms with E-state index in [1.165, 1.54) is 20.2 Å². The highest BCUT2D eigenvalue weighted by molar-refractivity contribution is 5.79. The first-order chi connectivity index (χ1) is 24.2. The number of likely N-dealkylation sites (N-methyl/N-ethyl adjacent to an activating group) is 1. The Labute approximate surface area is 308 Å². The lowest BCUT2D eigenvalue weighted by atomic mass is 9.77. The fourth-order valence-electron chi connectivity index (χ4n) is 8.15. The SMILES string of the molecule is CO[C@]1(C)C[C@@H](C)C(=O)N[C@H](C)[C@H]2OC(=O)O[C@]2(C)[C@@H](C(C)C)OC(=O)[C@H](C)[C@@H](OCCC=N)[C@H](C)[C@H]1O[C@@H]1O[C@H](C)C[C@H](N(C)C)[C@@H]1OC(C)=O. The molecule has 0 bridgehead atoms. The number of amides is 1. The zero-order valence-electron chi connectivity index (χ0n) is 33.3. The van der Waals surface area contributed by atoms with Gasteiger partial charge in [-0.05, 0) is 73.7 Å². The van der Waals surface area contributed by atoms with E-state index in [0.717, 1.165) is 0 Å². The fourth-order valence-corrected chi connectivity index (χ4v) is 8.15. The first-order valence-electron chi connectivity index (χ1n) is 18.4. The van der Waals surface area contributed by atoms with E-state index in [0.29, 0.717) is 6.42 Å². The second-order valence-corrected chi connectivity index (χ2v) is 15.8. The molecule has 0 radical (unpaired) electrons. The number of ether oxygens (including phenoxy) is 8. The van der Waals surface area contributed by atoms with Crippen molar-refractivity contribution in [3.63, 3.8) is 0 Å². The lowest BCUT2D eigenvalue weighted by molar-refractivity contribution is -0.304. The quantitative estimate of drug-likeness (QED) is 0.143. The summed E-state index contributed by atoms with van der Waals surface area (Å²) in [6.07, 6.45) is -4.52. The Morgan fingerprint density at radius 3 is 2.29 bits per heavy atom. The maximum absolute atomic E-state index is 14.3. The fraction of sp³-hybridized carbons (Fsp3) is 0.865. The molecule has 3 heterocycles. The molecule has 15 nitrogen and oxygen atoms in total. The Morgan fingerprint density at radius 1 is 1.08 bits per heavy atom. The number of carbonyl (C=O) groups excluding carboxylic acids is 4. The van der Waals surface area contributed by atoms with E-state index >= 15 is 0 Å². The van der Waals surface area contributed by atoms with Crippen LogP contribution in [0.5, 0.6) is 0 Å². The highest BCUT2D eigenvalue weighted by atomic mass is 16.8. The third-order valence-corrected chi connectivity index (χ3v) is 10.8. The summed E-state index contributed by atoms with van der Waals surface area (Å²) in [5, 5.41) is 10.6. The van der Waals surface area contributed by atoms with Crippen LogP contribution in [-0.2, 0) is 52.3 Å². The van der Waals surface area contributed by atoms with Crippen LogP contribution in [0, 0.1) is 29.1 Å². The number of esters is 2. The predicted molar refractivity (Wildman–Crippen MR) is 190 cm³/mol. The standard InChI is InChI=1S/C37H63N3O12/c1-19(2)29-37(10)31(51-35(44)52-37)24(7)39-32(42)20(3)18-36(9,45-13)30(22(5)27(46-16-14-15-38)23(6)33(43)49-29)50-34-28(48-25(8)41)26(40(11)12)17-21(4)47-34/h15,19-24,26-31,34,38H,14,16-18H2,1-13H3,(H,39,42)/t20-,21-,22+,23-,24-,26+,27+,28+,29-,30-,31-,34+,36-,37-/m1/s1. The maximum Gasteiger partial charge on any atom is 0.509 e. The van der Waals surface area contributed by atoms with Gasteiger partial charge < -0.3 is 53.5 Å². The largest absolute Gasteiger partial charge is 0.509 e. The van der Waals surface area contributed by atoms with E-state index in [4.69, 9.17) is 43.3 Å². The van der Waals surface area contributed by atoms with Gasteiger partial charge in [0.25, 0.3) is 0 Å². The summed E-state index contributed by atoms with van der Waals surface area (Å²) < 4.78 is 49.4. The van der Waals surface area contributed by atoms with E-state index < -0.39 is 89.9 Å². The maximum atomic E-state index is 14.3. The second kappa shape index (κ2) is 18.0. The van der Waals surface area contributed by atoms with Gasteiger partial charge in [0, 0.05) is 32.3 Å². The van der Waals surface area contributed by atoms with Crippen molar-refractivity contribution in [2.45, 2.75) is 155 Å². The first-order valence-corrected chi connectivity index (χ1v) is 18.4. The molecule has 3 rings (SSSR count). The van der Waals surface area contributed by atoms with Crippen molar-refractivity contribution < 1.29 is 57.1 Å². The van der Waals surface area contributed by atoms with Crippen LogP contribution < -0.4 is 5.32 Å². The minimum absolute atomic E-state index is 0.122. The van der Waals surface area contributed by atoms with Gasteiger partial charge in [0.05, 0.1) is 48.5 Å². The molecule has 0 aromatic rings. The summed E-state index contributed by atoms with van der Waals surface area (Å²) in [7, 11) is 5.32. The number of cyclic esters (lactones) is 1. The summed E-state index contributed by atoms with van der Waals surface area (Å²) in [6, 6.07) is -0.968. The number of rotatable bonds is 10. The van der Waals surface area contributed by atoms with Gasteiger partial charge in [-0.2, -0.15) is 0 Å². The first kappa shape index (κ1) is 43.6. The summed E-state index contributed by atoms with van der Waals surface area (Å²) in [5.74, 6) is -3.96. The van der Waals surface area contributed by atoms with Gasteiger partial charge in [-0.3, -0.25) is 14.4 Å². The second-order valence-electron chi connectivity index (χ2n) is 15.8. The molecule has 1 amide bonds. The third kappa shape index (κ3) is 9.82. The number of hydrogen-bond donors (Lipinski definition) is 2. The van der Waals surface area contributed by atoms with E-state index in [1.54, 1.807) is 27.7 Å². The van der Waals surface area contributed by atoms with Crippen molar-refractivity contribution >= 4 is 30.2 Å². The number of fused-ring (bicyclic) bond motifs is 1. The van der Waals surface area contributed by atoms with Crippen molar-refractivity contribution in [3.8, 4) is 0 Å². The molecule has 0 aromatic heterocycles. The molecule has 3 aliphatic heterocycles. The Morgan fingerprint density at radius 2 is 1.73 bits per heavy atom. The molecule has 0 aromatic carbocycles. The van der Waals surface area contributed by atoms with Crippen LogP contribution in [0.1, 0.15) is 88.5 Å². The number of carbonyl (C=O) groups is 4. The molecular weight excluding hydrogens is 678 g/mol. The number of nitrogens with zero attached hydrogens (tertiary/aromatic N) is 1. The third-order valence-electron chi connectivity index (χ3n) is 10.8. The lowest BCUT2D eigenvalue weighted by Gasteiger charge is -2.48. The summed E-state index contributed by atoms with van der Waals surface area (Å²) >= 11 is 0. The highest BCUT2D eigenvalue weighted by Crippen LogP contribution is 2.41. The number of nitrogens with one attached hydrogen (secondary N) is 2. The topological polar surface area (TPSA) is 181 Å².